The van der Waals surface area contributed by atoms with Gasteiger partial charge in [0.1, 0.15) is 12.5 Å². The van der Waals surface area contributed by atoms with E-state index in [1.165, 1.54) is 36.0 Å². The maximum absolute atomic E-state index is 11.1. The molecule has 0 spiro atoms. The van der Waals surface area contributed by atoms with Gasteiger partial charge in [0.15, 0.2) is 0 Å². The Morgan fingerprint density at radius 2 is 1.56 bits per heavy atom. The van der Waals surface area contributed by atoms with Gasteiger partial charge < -0.3 is 18.8 Å². The maximum atomic E-state index is 11.1. The summed E-state index contributed by atoms with van der Waals surface area (Å²) in [6, 6.07) is 3.03. The second-order valence-electron chi connectivity index (χ2n) is 3.53. The molecule has 0 bridgehead atoms. The van der Waals surface area contributed by atoms with E-state index in [2.05, 4.69) is 4.42 Å². The van der Waals surface area contributed by atoms with E-state index >= 15 is 0 Å². The van der Waals surface area contributed by atoms with Gasteiger partial charge in [0.2, 0.25) is 0 Å². The molecule has 0 fully saturated rings. The van der Waals surface area contributed by atoms with Crippen LogP contribution in [0.4, 0.5) is 0 Å². The molecule has 2 heterocycles. The van der Waals surface area contributed by atoms with Gasteiger partial charge in [0.25, 0.3) is 5.91 Å². The lowest BCUT2D eigenvalue weighted by Crippen LogP contribution is -2.20. The molecule has 2 aromatic heterocycles. The van der Waals surface area contributed by atoms with Crippen LogP contribution >= 0.6 is 0 Å². The molecule has 1 N–H and O–H groups in total. The quantitative estimate of drug-likeness (QED) is 0.881. The van der Waals surface area contributed by atoms with Gasteiger partial charge in [0, 0.05) is 14.1 Å². The monoisotopic (exact) mass is 251 g/mol. The van der Waals surface area contributed by atoms with Crippen LogP contribution in [-0.4, -0.2) is 36.0 Å². The highest BCUT2D eigenvalue weighted by atomic mass is 16.4. The smallest absolute Gasteiger partial charge is 0.338 e. The van der Waals surface area contributed by atoms with Gasteiger partial charge >= 0.3 is 5.97 Å². The molecular weight excluding hydrogens is 238 g/mol. The van der Waals surface area contributed by atoms with Crippen LogP contribution in [0.25, 0.3) is 0 Å². The van der Waals surface area contributed by atoms with E-state index in [1.54, 1.807) is 20.2 Å². The fourth-order valence-corrected chi connectivity index (χ4v) is 1.03. The van der Waals surface area contributed by atoms with Crippen LogP contribution in [0, 0.1) is 0 Å². The highest BCUT2D eigenvalue weighted by Gasteiger charge is 2.07. The number of carboxylic acid groups (broad SMARTS) is 1. The van der Waals surface area contributed by atoms with Gasteiger partial charge in [-0.1, -0.05) is 0 Å². The largest absolute Gasteiger partial charge is 0.478 e. The first-order chi connectivity index (χ1) is 8.52. The third-order valence-corrected chi connectivity index (χ3v) is 1.94. The number of carbonyl (C=O) groups is 2. The maximum Gasteiger partial charge on any atom is 0.338 e. The zero-order chi connectivity index (χ0) is 13.5. The highest BCUT2D eigenvalue weighted by Crippen LogP contribution is 2.01. The molecule has 0 saturated heterocycles. The number of carboxylic acids is 1. The van der Waals surface area contributed by atoms with Crippen LogP contribution in [0.2, 0.25) is 0 Å². The molecular formula is C12H13NO5. The Bertz CT molecular complexity index is 485. The molecule has 0 saturated carbocycles. The molecule has 18 heavy (non-hydrogen) atoms. The van der Waals surface area contributed by atoms with Crippen molar-refractivity contribution in [2.45, 2.75) is 0 Å². The number of nitrogens with zero attached hydrogens (tertiary/aromatic N) is 1. The van der Waals surface area contributed by atoms with Crippen LogP contribution in [0.1, 0.15) is 20.7 Å². The minimum Gasteiger partial charge on any atom is -0.478 e. The summed E-state index contributed by atoms with van der Waals surface area (Å²) in [5.74, 6) is -0.993. The Morgan fingerprint density at radius 3 is 1.83 bits per heavy atom. The lowest BCUT2D eigenvalue weighted by atomic mass is 10.3. The molecule has 6 heteroatoms. The predicted molar refractivity (Wildman–Crippen MR) is 62.4 cm³/mol. The number of hydrogen-bond donors (Lipinski definition) is 1. The number of carbonyl (C=O) groups excluding carboxylic acids is 1. The number of amides is 1. The van der Waals surface area contributed by atoms with Crippen molar-refractivity contribution in [3.05, 3.63) is 48.3 Å². The fourth-order valence-electron chi connectivity index (χ4n) is 1.03. The zero-order valence-electron chi connectivity index (χ0n) is 9.99. The summed E-state index contributed by atoms with van der Waals surface area (Å²) in [7, 11) is 3.41. The summed E-state index contributed by atoms with van der Waals surface area (Å²) in [6.45, 7) is 0. The Kier molecular flexibility index (Phi) is 4.74. The van der Waals surface area contributed by atoms with Crippen molar-refractivity contribution < 1.29 is 23.5 Å². The first-order valence-corrected chi connectivity index (χ1v) is 5.01. The summed E-state index contributed by atoms with van der Waals surface area (Å²) >= 11 is 0. The molecule has 0 unspecified atom stereocenters. The third-order valence-electron chi connectivity index (χ3n) is 1.94. The van der Waals surface area contributed by atoms with E-state index in [4.69, 9.17) is 9.52 Å². The number of hydrogen-bond acceptors (Lipinski definition) is 4. The van der Waals surface area contributed by atoms with Gasteiger partial charge in [-0.25, -0.2) is 4.79 Å². The SMILES string of the molecule is CN(C)C(=O)c1ccoc1.O=C(O)c1ccoc1. The van der Waals surface area contributed by atoms with E-state index < -0.39 is 5.97 Å². The van der Waals surface area contributed by atoms with Crippen molar-refractivity contribution in [2.24, 2.45) is 0 Å². The van der Waals surface area contributed by atoms with Crippen LogP contribution in [0.3, 0.4) is 0 Å². The Morgan fingerprint density at radius 1 is 1.06 bits per heavy atom. The lowest BCUT2D eigenvalue weighted by Gasteiger charge is -2.06. The average Bonchev–Trinajstić information content (AvgIpc) is 3.02. The van der Waals surface area contributed by atoms with Crippen molar-refractivity contribution in [3.8, 4) is 0 Å². The van der Waals surface area contributed by atoms with Gasteiger partial charge in [-0.2, -0.15) is 0 Å². The van der Waals surface area contributed by atoms with Crippen molar-refractivity contribution in [1.29, 1.82) is 0 Å². The molecule has 2 rings (SSSR count). The van der Waals surface area contributed by atoms with Crippen molar-refractivity contribution >= 4 is 11.9 Å². The van der Waals surface area contributed by atoms with Crippen LogP contribution in [0.15, 0.2) is 46.0 Å². The van der Waals surface area contributed by atoms with Gasteiger partial charge in [0.05, 0.1) is 23.7 Å². The fraction of sp³-hybridized carbons (Fsp3) is 0.167. The van der Waals surface area contributed by atoms with Crippen LogP contribution in [-0.2, 0) is 0 Å². The molecule has 2 aromatic rings. The topological polar surface area (TPSA) is 83.9 Å². The summed E-state index contributed by atoms with van der Waals surface area (Å²) in [5.41, 5.74) is 0.773. The first kappa shape index (κ1) is 13.6. The lowest BCUT2D eigenvalue weighted by molar-refractivity contribution is 0.0695. The third kappa shape index (κ3) is 3.82. The van der Waals surface area contributed by atoms with E-state index in [0.29, 0.717) is 5.56 Å². The highest BCUT2D eigenvalue weighted by molar-refractivity contribution is 5.93. The minimum absolute atomic E-state index is 0.0336. The summed E-state index contributed by atoms with van der Waals surface area (Å²) in [6.07, 6.45) is 5.42. The Labute approximate surface area is 103 Å². The second kappa shape index (κ2) is 6.29. The molecule has 96 valence electrons. The Hall–Kier alpha value is -2.50. The molecule has 0 atom stereocenters. The minimum atomic E-state index is -0.959. The van der Waals surface area contributed by atoms with E-state index in [0.717, 1.165) is 0 Å². The van der Waals surface area contributed by atoms with Crippen molar-refractivity contribution in [3.63, 3.8) is 0 Å². The molecule has 6 nitrogen and oxygen atoms in total. The molecule has 0 aliphatic rings. The van der Waals surface area contributed by atoms with E-state index in [1.807, 2.05) is 0 Å². The van der Waals surface area contributed by atoms with Gasteiger partial charge in [-0.05, 0) is 12.1 Å². The normalized spacial score (nSPS) is 9.22. The first-order valence-electron chi connectivity index (χ1n) is 5.01. The van der Waals surface area contributed by atoms with Crippen molar-refractivity contribution in [1.82, 2.24) is 4.90 Å². The molecule has 0 aliphatic carbocycles. The van der Waals surface area contributed by atoms with Gasteiger partial charge in [-0.15, -0.1) is 0 Å². The zero-order valence-corrected chi connectivity index (χ0v) is 9.99. The van der Waals surface area contributed by atoms with Crippen LogP contribution < -0.4 is 0 Å². The molecule has 0 aliphatic heterocycles. The van der Waals surface area contributed by atoms with Crippen LogP contribution in [0.5, 0.6) is 0 Å². The molecule has 0 radical (unpaired) electrons. The predicted octanol–water partition coefficient (Wildman–Crippen LogP) is 1.96. The summed E-state index contributed by atoms with van der Waals surface area (Å²) < 4.78 is 9.23. The number of aromatic carboxylic acids is 1. The molecule has 0 aromatic carbocycles. The van der Waals surface area contributed by atoms with Crippen molar-refractivity contribution in [2.75, 3.05) is 14.1 Å². The van der Waals surface area contributed by atoms with E-state index in [9.17, 15) is 9.59 Å². The van der Waals surface area contributed by atoms with E-state index in [-0.39, 0.29) is 11.5 Å². The summed E-state index contributed by atoms with van der Waals surface area (Å²) in [5, 5.41) is 8.21. The molecule has 1 amide bonds. The second-order valence-corrected chi connectivity index (χ2v) is 3.53. The van der Waals surface area contributed by atoms with Gasteiger partial charge in [-0.3, -0.25) is 4.79 Å². The number of furan rings is 2. The standard InChI is InChI=1S/C7H9NO2.C5H4O3/c1-8(2)7(9)6-3-4-10-5-6;6-5(7)4-1-2-8-3-4/h3-5H,1-2H3;1-3H,(H,6,7). The Balaban J connectivity index is 0.000000184. The average molecular weight is 251 g/mol. The number of rotatable bonds is 2. The summed E-state index contributed by atoms with van der Waals surface area (Å²) in [4.78, 5) is 22.6.